The van der Waals surface area contributed by atoms with Crippen molar-refractivity contribution in [3.63, 3.8) is 0 Å². The molecule has 18 heavy (non-hydrogen) atoms. The molecule has 0 aromatic heterocycles. The van der Waals surface area contributed by atoms with Gasteiger partial charge >= 0.3 is 21.2 Å². The van der Waals surface area contributed by atoms with Crippen LogP contribution in [0.15, 0.2) is 48.5 Å². The lowest BCUT2D eigenvalue weighted by molar-refractivity contribution is -0.597. The molecule has 0 bridgehead atoms. The maximum absolute atomic E-state index is 10.7. The van der Waals surface area contributed by atoms with Gasteiger partial charge in [-0.3, -0.25) is 10.1 Å². The van der Waals surface area contributed by atoms with Crippen molar-refractivity contribution in [2.75, 3.05) is 7.11 Å². The van der Waals surface area contributed by atoms with E-state index in [0.717, 1.165) is 9.32 Å². The first-order valence-electron chi connectivity index (χ1n) is 5.22. The Kier molecular flexibility index (Phi) is 4.14. The fraction of sp³-hybridized carbons (Fsp3) is 0.0769. The zero-order chi connectivity index (χ0) is 13.0. The molecule has 0 unspecified atom stereocenters. The quantitative estimate of drug-likeness (QED) is 0.431. The van der Waals surface area contributed by atoms with Gasteiger partial charge in [-0.1, -0.05) is 6.07 Å². The van der Waals surface area contributed by atoms with Crippen molar-refractivity contribution in [2.45, 2.75) is 0 Å². The van der Waals surface area contributed by atoms with Crippen LogP contribution >= 0.6 is 0 Å². The largest absolute Gasteiger partial charge is 0.497 e. The number of benzene rings is 2. The minimum Gasteiger partial charge on any atom is -0.497 e. The summed E-state index contributed by atoms with van der Waals surface area (Å²) in [6.07, 6.45) is 0. The lowest BCUT2D eigenvalue weighted by Gasteiger charge is -1.95. The Labute approximate surface area is 115 Å². The van der Waals surface area contributed by atoms with Crippen LogP contribution in [0.1, 0.15) is 0 Å². The second-order valence-electron chi connectivity index (χ2n) is 3.49. The van der Waals surface area contributed by atoms with E-state index in [1.807, 2.05) is 30.3 Å². The van der Waals surface area contributed by atoms with E-state index in [-0.39, 0.29) is 10.6 Å². The third kappa shape index (κ3) is 3.19. The number of hydrogen-bond acceptors (Lipinski definition) is 3. The van der Waals surface area contributed by atoms with Crippen LogP contribution in [0.2, 0.25) is 0 Å². The molecule has 0 spiro atoms. The van der Waals surface area contributed by atoms with Crippen molar-refractivity contribution >= 4 is 5.69 Å². The maximum Gasteiger partial charge on any atom is 0.358 e. The summed E-state index contributed by atoms with van der Waals surface area (Å²) >= 11 is -0.392. The molecular weight excluding hydrogens is 345 g/mol. The van der Waals surface area contributed by atoms with Crippen LogP contribution in [-0.4, -0.2) is 12.0 Å². The van der Waals surface area contributed by atoms with Gasteiger partial charge in [-0.15, -0.1) is 0 Å². The number of hydrogen-bond donors (Lipinski definition) is 0. The number of rotatable bonds is 4. The van der Waals surface area contributed by atoms with E-state index >= 15 is 0 Å². The summed E-state index contributed by atoms with van der Waals surface area (Å²) in [5.74, 6) is 0.821. The Bertz CT molecular complexity index is 554. The molecule has 0 fully saturated rings. The van der Waals surface area contributed by atoms with E-state index in [0.29, 0.717) is 0 Å². The predicted octanol–water partition coefficient (Wildman–Crippen LogP) is -0.268. The van der Waals surface area contributed by atoms with Gasteiger partial charge in [0.15, 0.2) is 3.57 Å². The number of ether oxygens (including phenoxy) is 1. The SMILES string of the molecule is COc1ccc([I+]c2cccc([N+](=O)[O-])c2)cc1. The fourth-order valence-electron chi connectivity index (χ4n) is 1.41. The third-order valence-corrected chi connectivity index (χ3v) is 4.92. The number of nitrogens with zero attached hydrogens (tertiary/aromatic N) is 1. The highest BCUT2D eigenvalue weighted by atomic mass is 127. The van der Waals surface area contributed by atoms with E-state index in [4.69, 9.17) is 4.74 Å². The van der Waals surface area contributed by atoms with Crippen molar-refractivity contribution in [2.24, 2.45) is 0 Å². The summed E-state index contributed by atoms with van der Waals surface area (Å²) in [4.78, 5) is 10.3. The number of nitro groups is 1. The van der Waals surface area contributed by atoms with Crippen LogP contribution in [0, 0.1) is 17.3 Å². The van der Waals surface area contributed by atoms with Gasteiger partial charge in [-0.2, -0.15) is 0 Å². The standard InChI is InChI=1S/C13H11INO3/c1-18-13-7-5-10(6-8-13)14-11-3-2-4-12(9-11)15(16)17/h2-9H,1H3/q+1. The second-order valence-corrected chi connectivity index (χ2v) is 6.52. The highest BCUT2D eigenvalue weighted by molar-refractivity contribution is 5.28. The van der Waals surface area contributed by atoms with Gasteiger partial charge in [-0.05, 0) is 30.3 Å². The molecule has 2 aromatic rings. The Balaban J connectivity index is 2.17. The van der Waals surface area contributed by atoms with Gasteiger partial charge < -0.3 is 4.74 Å². The number of nitro benzene ring substituents is 1. The molecule has 4 nitrogen and oxygen atoms in total. The van der Waals surface area contributed by atoms with Crippen molar-refractivity contribution in [3.05, 3.63) is 65.8 Å². The molecule has 92 valence electrons. The van der Waals surface area contributed by atoms with Crippen molar-refractivity contribution in [1.82, 2.24) is 0 Å². The molecule has 0 aliphatic rings. The fourth-order valence-corrected chi connectivity index (χ4v) is 3.71. The summed E-state index contributed by atoms with van der Waals surface area (Å²) in [6.45, 7) is 0. The van der Waals surface area contributed by atoms with Crippen LogP contribution in [-0.2, 0) is 0 Å². The van der Waals surface area contributed by atoms with Crippen LogP contribution in [0.5, 0.6) is 5.75 Å². The molecule has 0 saturated heterocycles. The topological polar surface area (TPSA) is 52.4 Å². The van der Waals surface area contributed by atoms with Gasteiger partial charge in [0, 0.05) is 6.07 Å². The first-order chi connectivity index (χ1) is 8.69. The van der Waals surface area contributed by atoms with Crippen LogP contribution in [0.3, 0.4) is 0 Å². The summed E-state index contributed by atoms with van der Waals surface area (Å²) in [5.41, 5.74) is 0.153. The summed E-state index contributed by atoms with van der Waals surface area (Å²) in [6, 6.07) is 14.7. The van der Waals surface area contributed by atoms with Gasteiger partial charge in [-0.25, -0.2) is 0 Å². The predicted molar refractivity (Wildman–Crippen MR) is 63.5 cm³/mol. The molecule has 0 radical (unpaired) electrons. The molecule has 0 heterocycles. The van der Waals surface area contributed by atoms with E-state index in [1.165, 1.54) is 9.64 Å². The van der Waals surface area contributed by atoms with Crippen molar-refractivity contribution in [3.8, 4) is 5.75 Å². The number of non-ortho nitro benzene ring substituents is 1. The molecule has 0 saturated carbocycles. The number of halogens is 1. The first kappa shape index (κ1) is 12.8. The van der Waals surface area contributed by atoms with Gasteiger partial charge in [0.05, 0.1) is 18.1 Å². The summed E-state index contributed by atoms with van der Waals surface area (Å²) in [5, 5.41) is 10.7. The Morgan fingerprint density at radius 2 is 1.83 bits per heavy atom. The van der Waals surface area contributed by atoms with E-state index in [2.05, 4.69) is 0 Å². The van der Waals surface area contributed by atoms with Crippen LogP contribution in [0.4, 0.5) is 5.69 Å². The molecule has 5 heteroatoms. The Hall–Kier alpha value is -1.63. The molecule has 0 aliphatic carbocycles. The zero-order valence-electron chi connectivity index (χ0n) is 9.67. The van der Waals surface area contributed by atoms with Gasteiger partial charge in [0.25, 0.3) is 5.69 Å². The average molecular weight is 356 g/mol. The van der Waals surface area contributed by atoms with Crippen LogP contribution in [0.25, 0.3) is 0 Å². The maximum atomic E-state index is 10.7. The zero-order valence-corrected chi connectivity index (χ0v) is 11.8. The third-order valence-electron chi connectivity index (χ3n) is 2.29. The monoisotopic (exact) mass is 356 g/mol. The Morgan fingerprint density at radius 3 is 2.44 bits per heavy atom. The first-order valence-corrected chi connectivity index (χ1v) is 7.38. The smallest absolute Gasteiger partial charge is 0.358 e. The lowest BCUT2D eigenvalue weighted by Crippen LogP contribution is -3.61. The van der Waals surface area contributed by atoms with Crippen LogP contribution < -0.4 is 25.9 Å². The highest BCUT2D eigenvalue weighted by Crippen LogP contribution is 2.08. The lowest BCUT2D eigenvalue weighted by atomic mass is 10.3. The molecule has 0 amide bonds. The number of methoxy groups -OCH3 is 1. The minimum atomic E-state index is -0.392. The molecule has 2 rings (SSSR count). The van der Waals surface area contributed by atoms with E-state index < -0.39 is 21.2 Å². The molecule has 0 aliphatic heterocycles. The second kappa shape index (κ2) is 5.81. The Morgan fingerprint density at radius 1 is 1.11 bits per heavy atom. The summed E-state index contributed by atoms with van der Waals surface area (Å²) < 4.78 is 7.33. The van der Waals surface area contributed by atoms with Gasteiger partial charge in [0.2, 0.25) is 3.57 Å². The van der Waals surface area contributed by atoms with E-state index in [9.17, 15) is 10.1 Å². The highest BCUT2D eigenvalue weighted by Gasteiger charge is 2.18. The molecule has 0 N–H and O–H groups in total. The van der Waals surface area contributed by atoms with Crippen molar-refractivity contribution < 1.29 is 30.9 Å². The van der Waals surface area contributed by atoms with E-state index in [1.54, 1.807) is 19.2 Å². The van der Waals surface area contributed by atoms with Crippen molar-refractivity contribution in [1.29, 1.82) is 0 Å². The molecular formula is C13H11INO3+. The summed E-state index contributed by atoms with van der Waals surface area (Å²) in [7, 11) is 1.63. The average Bonchev–Trinajstić information content (AvgIpc) is 2.40. The molecule has 0 atom stereocenters. The minimum absolute atomic E-state index is 0.153. The van der Waals surface area contributed by atoms with Gasteiger partial charge in [0.1, 0.15) is 5.75 Å². The molecule has 2 aromatic carbocycles. The normalized spacial score (nSPS) is 10.1.